The van der Waals surface area contributed by atoms with E-state index in [1.807, 2.05) is 24.4 Å². The minimum atomic E-state index is 0.189. The third-order valence-corrected chi connectivity index (χ3v) is 2.01. The maximum absolute atomic E-state index is 4.27. The zero-order valence-electron chi connectivity index (χ0n) is 7.94. The Balaban J connectivity index is 2.07. The van der Waals surface area contributed by atoms with E-state index < -0.39 is 0 Å². The molecule has 0 aliphatic carbocycles. The number of aromatic nitrogens is 3. The largest absolute Gasteiger partial charge is 0.374 e. The van der Waals surface area contributed by atoms with E-state index in [4.69, 9.17) is 0 Å². The normalized spacial score (nSPS) is 12.4. The highest BCUT2D eigenvalue weighted by Crippen LogP contribution is 2.15. The first-order chi connectivity index (χ1) is 6.86. The number of nitrogens with one attached hydrogen (secondary N) is 2. The Morgan fingerprint density at radius 2 is 2.36 bits per heavy atom. The standard InChI is InChI=1S/C10H12N4/c1-8(10-4-2-3-5-11-10)14-9-6-12-13-7-9/h2-8,14H,1H3,(H,12,13). The van der Waals surface area contributed by atoms with E-state index in [9.17, 15) is 0 Å². The second-order valence-electron chi connectivity index (χ2n) is 3.11. The highest BCUT2D eigenvalue weighted by atomic mass is 15.1. The van der Waals surface area contributed by atoms with E-state index >= 15 is 0 Å². The Hall–Kier alpha value is -1.84. The van der Waals surface area contributed by atoms with Crippen LogP contribution in [-0.2, 0) is 0 Å². The first-order valence-corrected chi connectivity index (χ1v) is 4.52. The van der Waals surface area contributed by atoms with Gasteiger partial charge in [-0.3, -0.25) is 10.1 Å². The van der Waals surface area contributed by atoms with Gasteiger partial charge >= 0.3 is 0 Å². The summed E-state index contributed by atoms with van der Waals surface area (Å²) in [5, 5.41) is 9.90. The lowest BCUT2D eigenvalue weighted by atomic mass is 10.2. The zero-order chi connectivity index (χ0) is 9.80. The number of nitrogens with zero attached hydrogens (tertiary/aromatic N) is 2. The highest BCUT2D eigenvalue weighted by Gasteiger charge is 2.05. The van der Waals surface area contributed by atoms with Gasteiger partial charge in [0.05, 0.1) is 23.6 Å². The number of rotatable bonds is 3. The fourth-order valence-electron chi connectivity index (χ4n) is 1.29. The maximum Gasteiger partial charge on any atom is 0.0729 e. The molecule has 2 aromatic heterocycles. The molecule has 2 N–H and O–H groups in total. The molecule has 0 bridgehead atoms. The summed E-state index contributed by atoms with van der Waals surface area (Å²) in [6.45, 7) is 2.06. The van der Waals surface area contributed by atoms with Crippen LogP contribution in [0.3, 0.4) is 0 Å². The Kier molecular flexibility index (Phi) is 2.44. The Labute approximate surface area is 82.4 Å². The lowest BCUT2D eigenvalue weighted by Gasteiger charge is -2.12. The average Bonchev–Trinajstić information content (AvgIpc) is 2.72. The Morgan fingerprint density at radius 3 is 3.00 bits per heavy atom. The van der Waals surface area contributed by atoms with Gasteiger partial charge in [0, 0.05) is 12.4 Å². The van der Waals surface area contributed by atoms with Crippen LogP contribution >= 0.6 is 0 Å². The summed E-state index contributed by atoms with van der Waals surface area (Å²) in [7, 11) is 0. The number of pyridine rings is 1. The first kappa shape index (κ1) is 8.74. The Morgan fingerprint density at radius 1 is 1.43 bits per heavy atom. The van der Waals surface area contributed by atoms with Gasteiger partial charge in [-0.1, -0.05) is 6.07 Å². The summed E-state index contributed by atoms with van der Waals surface area (Å²) < 4.78 is 0. The molecule has 72 valence electrons. The summed E-state index contributed by atoms with van der Waals surface area (Å²) in [6, 6.07) is 6.08. The van der Waals surface area contributed by atoms with Crippen molar-refractivity contribution < 1.29 is 0 Å². The zero-order valence-corrected chi connectivity index (χ0v) is 7.94. The number of H-pyrrole nitrogens is 1. The van der Waals surface area contributed by atoms with Crippen molar-refractivity contribution in [1.82, 2.24) is 15.2 Å². The van der Waals surface area contributed by atoms with Crippen molar-refractivity contribution >= 4 is 5.69 Å². The fraction of sp³-hybridized carbons (Fsp3) is 0.200. The predicted octanol–water partition coefficient (Wildman–Crippen LogP) is 1.98. The molecule has 1 unspecified atom stereocenters. The van der Waals surface area contributed by atoms with Crippen LogP contribution in [0.4, 0.5) is 5.69 Å². The molecule has 2 aromatic rings. The third-order valence-electron chi connectivity index (χ3n) is 2.01. The minimum Gasteiger partial charge on any atom is -0.374 e. The van der Waals surface area contributed by atoms with Crippen molar-refractivity contribution in [3.63, 3.8) is 0 Å². The number of anilines is 1. The molecule has 0 radical (unpaired) electrons. The molecule has 4 heteroatoms. The third kappa shape index (κ3) is 1.90. The summed E-state index contributed by atoms with van der Waals surface area (Å²) >= 11 is 0. The molecule has 4 nitrogen and oxygen atoms in total. The van der Waals surface area contributed by atoms with Gasteiger partial charge in [-0.05, 0) is 19.1 Å². The average molecular weight is 188 g/mol. The lowest BCUT2D eigenvalue weighted by molar-refractivity contribution is 0.840. The second kappa shape index (κ2) is 3.91. The summed E-state index contributed by atoms with van der Waals surface area (Å²) in [4.78, 5) is 4.27. The van der Waals surface area contributed by atoms with E-state index in [1.54, 1.807) is 12.4 Å². The van der Waals surface area contributed by atoms with Gasteiger partial charge in [0.25, 0.3) is 0 Å². The van der Waals surface area contributed by atoms with Crippen LogP contribution in [0.2, 0.25) is 0 Å². The molecular formula is C10H12N4. The molecule has 0 aliphatic rings. The van der Waals surface area contributed by atoms with Crippen molar-refractivity contribution in [3.8, 4) is 0 Å². The highest BCUT2D eigenvalue weighted by molar-refractivity contribution is 5.39. The van der Waals surface area contributed by atoms with Crippen molar-refractivity contribution in [1.29, 1.82) is 0 Å². The van der Waals surface area contributed by atoms with Crippen LogP contribution in [0, 0.1) is 0 Å². The summed E-state index contributed by atoms with van der Waals surface area (Å²) in [6.07, 6.45) is 5.36. The molecule has 2 heterocycles. The minimum absolute atomic E-state index is 0.189. The molecular weight excluding hydrogens is 176 g/mol. The molecule has 0 aliphatic heterocycles. The molecule has 0 amide bonds. The van der Waals surface area contributed by atoms with Gasteiger partial charge in [-0.15, -0.1) is 0 Å². The fourth-order valence-corrected chi connectivity index (χ4v) is 1.29. The summed E-state index contributed by atoms with van der Waals surface area (Å²) in [5.74, 6) is 0. The van der Waals surface area contributed by atoms with Crippen molar-refractivity contribution in [3.05, 3.63) is 42.5 Å². The van der Waals surface area contributed by atoms with Crippen LogP contribution in [0.5, 0.6) is 0 Å². The van der Waals surface area contributed by atoms with Crippen LogP contribution in [0.15, 0.2) is 36.8 Å². The van der Waals surface area contributed by atoms with E-state index in [0.717, 1.165) is 11.4 Å². The van der Waals surface area contributed by atoms with Gasteiger partial charge in [-0.25, -0.2) is 0 Å². The van der Waals surface area contributed by atoms with E-state index in [0.29, 0.717) is 0 Å². The van der Waals surface area contributed by atoms with Gasteiger partial charge in [-0.2, -0.15) is 5.10 Å². The van der Waals surface area contributed by atoms with Gasteiger partial charge < -0.3 is 5.32 Å². The molecule has 14 heavy (non-hydrogen) atoms. The number of hydrogen-bond acceptors (Lipinski definition) is 3. The molecule has 1 atom stereocenters. The SMILES string of the molecule is CC(Nc1cn[nH]c1)c1ccccn1. The van der Waals surface area contributed by atoms with Crippen LogP contribution in [0.1, 0.15) is 18.7 Å². The van der Waals surface area contributed by atoms with Crippen molar-refractivity contribution in [2.24, 2.45) is 0 Å². The Bertz CT molecular complexity index is 368. The van der Waals surface area contributed by atoms with Crippen molar-refractivity contribution in [2.75, 3.05) is 5.32 Å². The topological polar surface area (TPSA) is 53.6 Å². The number of hydrogen-bond donors (Lipinski definition) is 2. The summed E-state index contributed by atoms with van der Waals surface area (Å²) in [5.41, 5.74) is 2.00. The number of aromatic amines is 1. The molecule has 0 aromatic carbocycles. The molecule has 2 rings (SSSR count). The van der Waals surface area contributed by atoms with Crippen LogP contribution in [0.25, 0.3) is 0 Å². The maximum atomic E-state index is 4.27. The monoisotopic (exact) mass is 188 g/mol. The van der Waals surface area contributed by atoms with E-state index in [1.165, 1.54) is 0 Å². The van der Waals surface area contributed by atoms with Crippen molar-refractivity contribution in [2.45, 2.75) is 13.0 Å². The smallest absolute Gasteiger partial charge is 0.0729 e. The molecule has 0 spiro atoms. The lowest BCUT2D eigenvalue weighted by Crippen LogP contribution is -2.07. The quantitative estimate of drug-likeness (QED) is 0.774. The van der Waals surface area contributed by atoms with Gasteiger partial charge in [0.15, 0.2) is 0 Å². The molecule has 0 saturated heterocycles. The van der Waals surface area contributed by atoms with E-state index in [2.05, 4.69) is 27.4 Å². The van der Waals surface area contributed by atoms with Gasteiger partial charge in [0.1, 0.15) is 0 Å². The second-order valence-corrected chi connectivity index (χ2v) is 3.11. The van der Waals surface area contributed by atoms with Crippen LogP contribution in [-0.4, -0.2) is 15.2 Å². The predicted molar refractivity (Wildman–Crippen MR) is 54.9 cm³/mol. The van der Waals surface area contributed by atoms with Crippen LogP contribution < -0.4 is 5.32 Å². The van der Waals surface area contributed by atoms with E-state index in [-0.39, 0.29) is 6.04 Å². The first-order valence-electron chi connectivity index (χ1n) is 4.52. The van der Waals surface area contributed by atoms with Gasteiger partial charge in [0.2, 0.25) is 0 Å². The molecule has 0 fully saturated rings. The molecule has 0 saturated carbocycles.